The molecule has 1 heterocycles. The van der Waals surface area contributed by atoms with E-state index in [0.29, 0.717) is 28.3 Å². The average molecular weight is 373 g/mol. The number of fused-ring (bicyclic) bond motifs is 1. The van der Waals surface area contributed by atoms with Gasteiger partial charge in [-0.3, -0.25) is 4.79 Å². The van der Waals surface area contributed by atoms with Crippen molar-refractivity contribution in [2.45, 2.75) is 26.5 Å². The molecule has 0 saturated carbocycles. The number of hydrogen-bond acceptors (Lipinski definition) is 5. The molecule has 0 unspecified atom stereocenters. The van der Waals surface area contributed by atoms with E-state index >= 15 is 0 Å². The lowest BCUT2D eigenvalue weighted by atomic mass is 10.2. The van der Waals surface area contributed by atoms with Crippen LogP contribution in [0, 0.1) is 0 Å². The van der Waals surface area contributed by atoms with Crippen molar-refractivity contribution in [3.05, 3.63) is 53.1 Å². The van der Waals surface area contributed by atoms with E-state index in [1.54, 1.807) is 47.1 Å². The molecule has 134 valence electrons. The number of amides is 1. The Morgan fingerprint density at radius 1 is 1.23 bits per heavy atom. The predicted molar refractivity (Wildman–Crippen MR) is 98.2 cm³/mol. The Hall–Kier alpha value is -2.93. The van der Waals surface area contributed by atoms with Gasteiger partial charge in [0.15, 0.2) is 6.10 Å². The molecule has 0 fully saturated rings. The van der Waals surface area contributed by atoms with Crippen molar-refractivity contribution in [3.8, 4) is 0 Å². The zero-order chi connectivity index (χ0) is 18.7. The van der Waals surface area contributed by atoms with Gasteiger partial charge in [-0.2, -0.15) is 0 Å². The third-order valence-corrected chi connectivity index (χ3v) is 4.07. The van der Waals surface area contributed by atoms with Crippen molar-refractivity contribution in [1.82, 2.24) is 15.0 Å². The van der Waals surface area contributed by atoms with Gasteiger partial charge in [0.05, 0.1) is 11.1 Å². The van der Waals surface area contributed by atoms with Gasteiger partial charge in [-0.15, -0.1) is 5.10 Å². The first-order chi connectivity index (χ1) is 12.5. The van der Waals surface area contributed by atoms with Crippen LogP contribution in [0.3, 0.4) is 0 Å². The molecule has 0 aliphatic carbocycles. The number of nitrogens with one attached hydrogen (secondary N) is 1. The standard InChI is InChI=1S/C18H17ClN4O3/c1-3-23-16-9-4-12(10-15(16)21-22-23)18(25)26-11(2)17(24)20-14-7-5-13(19)6-8-14/h4-11H,3H2,1-2H3,(H,20,24)/t11-/m1/s1. The van der Waals surface area contributed by atoms with Gasteiger partial charge in [0.1, 0.15) is 5.52 Å². The quantitative estimate of drug-likeness (QED) is 0.694. The monoisotopic (exact) mass is 372 g/mol. The van der Waals surface area contributed by atoms with Crippen LogP contribution in [0.15, 0.2) is 42.5 Å². The lowest BCUT2D eigenvalue weighted by Crippen LogP contribution is -2.30. The van der Waals surface area contributed by atoms with Crippen LogP contribution in [0.1, 0.15) is 24.2 Å². The summed E-state index contributed by atoms with van der Waals surface area (Å²) >= 11 is 5.81. The van der Waals surface area contributed by atoms with Crippen LogP contribution in [0.25, 0.3) is 11.0 Å². The number of hydrogen-bond donors (Lipinski definition) is 1. The van der Waals surface area contributed by atoms with Crippen LogP contribution in [0.2, 0.25) is 5.02 Å². The second-order valence-electron chi connectivity index (χ2n) is 5.65. The van der Waals surface area contributed by atoms with Gasteiger partial charge in [0.2, 0.25) is 0 Å². The fourth-order valence-electron chi connectivity index (χ4n) is 2.39. The minimum atomic E-state index is -0.958. The first kappa shape index (κ1) is 17.9. The molecule has 0 aliphatic heterocycles. The average Bonchev–Trinajstić information content (AvgIpc) is 3.05. The Kier molecular flexibility index (Phi) is 5.18. The van der Waals surface area contributed by atoms with Gasteiger partial charge in [0, 0.05) is 17.3 Å². The van der Waals surface area contributed by atoms with E-state index in [-0.39, 0.29) is 0 Å². The first-order valence-corrected chi connectivity index (χ1v) is 8.46. The molecule has 1 aromatic heterocycles. The van der Waals surface area contributed by atoms with Crippen LogP contribution in [-0.2, 0) is 16.1 Å². The number of ether oxygens (including phenoxy) is 1. The highest BCUT2D eigenvalue weighted by molar-refractivity contribution is 6.30. The maximum absolute atomic E-state index is 12.3. The molecule has 8 heteroatoms. The molecule has 26 heavy (non-hydrogen) atoms. The van der Waals surface area contributed by atoms with Crippen LogP contribution in [-0.4, -0.2) is 33.0 Å². The largest absolute Gasteiger partial charge is 0.449 e. The minimum Gasteiger partial charge on any atom is -0.449 e. The summed E-state index contributed by atoms with van der Waals surface area (Å²) in [5, 5.41) is 11.3. The summed E-state index contributed by atoms with van der Waals surface area (Å²) in [6.45, 7) is 4.15. The van der Waals surface area contributed by atoms with Crippen LogP contribution in [0.4, 0.5) is 5.69 Å². The molecular weight excluding hydrogens is 356 g/mol. The predicted octanol–water partition coefficient (Wildman–Crippen LogP) is 3.29. The third-order valence-electron chi connectivity index (χ3n) is 3.81. The highest BCUT2D eigenvalue weighted by Crippen LogP contribution is 2.16. The van der Waals surface area contributed by atoms with Gasteiger partial charge in [-0.25, -0.2) is 9.48 Å². The van der Waals surface area contributed by atoms with E-state index in [9.17, 15) is 9.59 Å². The lowest BCUT2D eigenvalue weighted by molar-refractivity contribution is -0.123. The fraction of sp³-hybridized carbons (Fsp3) is 0.222. The number of aryl methyl sites for hydroxylation is 1. The second kappa shape index (κ2) is 7.53. The molecule has 0 saturated heterocycles. The molecule has 0 spiro atoms. The van der Waals surface area contributed by atoms with Crippen LogP contribution >= 0.6 is 11.6 Å². The lowest BCUT2D eigenvalue weighted by Gasteiger charge is -2.13. The molecule has 1 amide bonds. The molecule has 1 atom stereocenters. The van der Waals surface area contributed by atoms with Crippen LogP contribution < -0.4 is 5.32 Å². The number of esters is 1. The molecule has 3 aromatic rings. The summed E-state index contributed by atoms with van der Waals surface area (Å²) in [5.41, 5.74) is 2.31. The highest BCUT2D eigenvalue weighted by atomic mass is 35.5. The summed E-state index contributed by atoms with van der Waals surface area (Å²) in [7, 11) is 0. The van der Waals surface area contributed by atoms with Gasteiger partial charge >= 0.3 is 5.97 Å². The molecule has 1 N–H and O–H groups in total. The Morgan fingerprint density at radius 2 is 1.96 bits per heavy atom. The van der Waals surface area contributed by atoms with Gasteiger partial charge in [-0.05, 0) is 56.3 Å². The molecule has 0 aliphatic rings. The Bertz CT molecular complexity index is 953. The maximum atomic E-state index is 12.3. The summed E-state index contributed by atoms with van der Waals surface area (Å²) in [5.74, 6) is -1.03. The molecule has 0 bridgehead atoms. The maximum Gasteiger partial charge on any atom is 0.338 e. The van der Waals surface area contributed by atoms with E-state index in [4.69, 9.17) is 16.3 Å². The number of carbonyl (C=O) groups excluding carboxylic acids is 2. The van der Waals surface area contributed by atoms with E-state index in [0.717, 1.165) is 5.52 Å². The number of halogens is 1. The molecule has 3 rings (SSSR count). The molecular formula is C18H17ClN4O3. The molecule has 2 aromatic carbocycles. The Labute approximate surface area is 154 Å². The number of nitrogens with zero attached hydrogens (tertiary/aromatic N) is 3. The van der Waals surface area contributed by atoms with Crippen molar-refractivity contribution in [2.75, 3.05) is 5.32 Å². The van der Waals surface area contributed by atoms with Crippen molar-refractivity contribution in [2.24, 2.45) is 0 Å². The number of rotatable bonds is 5. The van der Waals surface area contributed by atoms with Gasteiger partial charge in [0.25, 0.3) is 5.91 Å². The third kappa shape index (κ3) is 3.83. The van der Waals surface area contributed by atoms with Gasteiger partial charge in [-0.1, -0.05) is 16.8 Å². The summed E-state index contributed by atoms with van der Waals surface area (Å²) in [4.78, 5) is 24.5. The van der Waals surface area contributed by atoms with E-state index in [2.05, 4.69) is 15.6 Å². The van der Waals surface area contributed by atoms with Crippen molar-refractivity contribution >= 4 is 40.2 Å². The molecule has 0 radical (unpaired) electrons. The normalized spacial score (nSPS) is 12.0. The van der Waals surface area contributed by atoms with E-state index in [1.165, 1.54) is 6.92 Å². The fourth-order valence-corrected chi connectivity index (χ4v) is 2.52. The minimum absolute atomic E-state index is 0.312. The van der Waals surface area contributed by atoms with Crippen molar-refractivity contribution < 1.29 is 14.3 Å². The second-order valence-corrected chi connectivity index (χ2v) is 6.09. The van der Waals surface area contributed by atoms with E-state index in [1.807, 2.05) is 6.92 Å². The molecule has 7 nitrogen and oxygen atoms in total. The van der Waals surface area contributed by atoms with Crippen molar-refractivity contribution in [1.29, 1.82) is 0 Å². The number of benzene rings is 2. The Morgan fingerprint density at radius 3 is 2.65 bits per heavy atom. The van der Waals surface area contributed by atoms with Crippen molar-refractivity contribution in [3.63, 3.8) is 0 Å². The van der Waals surface area contributed by atoms with Gasteiger partial charge < -0.3 is 10.1 Å². The number of carbonyl (C=O) groups is 2. The van der Waals surface area contributed by atoms with Crippen LogP contribution in [0.5, 0.6) is 0 Å². The number of aromatic nitrogens is 3. The summed E-state index contributed by atoms with van der Waals surface area (Å²) in [6, 6.07) is 11.6. The topological polar surface area (TPSA) is 86.1 Å². The highest BCUT2D eigenvalue weighted by Gasteiger charge is 2.20. The first-order valence-electron chi connectivity index (χ1n) is 8.08. The zero-order valence-corrected chi connectivity index (χ0v) is 15.0. The van der Waals surface area contributed by atoms with E-state index < -0.39 is 18.0 Å². The number of anilines is 1. The zero-order valence-electron chi connectivity index (χ0n) is 14.3. The Balaban J connectivity index is 1.66. The SMILES string of the molecule is CCn1nnc2cc(C(=O)O[C@H](C)C(=O)Nc3ccc(Cl)cc3)ccc21. The summed E-state index contributed by atoms with van der Waals surface area (Å²) < 4.78 is 6.97. The smallest absolute Gasteiger partial charge is 0.338 e. The summed E-state index contributed by atoms with van der Waals surface area (Å²) in [6.07, 6.45) is -0.958.